The van der Waals surface area contributed by atoms with Gasteiger partial charge in [-0.05, 0) is 69.2 Å². The molecule has 1 saturated heterocycles. The van der Waals surface area contributed by atoms with E-state index in [1.165, 1.54) is 43.7 Å². The fourth-order valence-electron chi connectivity index (χ4n) is 4.36. The molecule has 2 aromatic carbocycles. The molecule has 0 saturated carbocycles. The third-order valence-electron chi connectivity index (χ3n) is 6.25. The second kappa shape index (κ2) is 9.90. The van der Waals surface area contributed by atoms with E-state index in [2.05, 4.69) is 25.6 Å². The molecule has 1 aliphatic rings. The number of aromatic nitrogens is 3. The number of carbonyl (C=O) groups is 2. The zero-order chi connectivity index (χ0) is 23.5. The number of fused-ring (bicyclic) bond motifs is 3. The molecule has 1 fully saturated rings. The van der Waals surface area contributed by atoms with Gasteiger partial charge in [0.25, 0.3) is 11.8 Å². The van der Waals surface area contributed by atoms with Gasteiger partial charge in [-0.3, -0.25) is 9.59 Å². The number of nitrogens with zero attached hydrogens (tertiary/aromatic N) is 4. The van der Waals surface area contributed by atoms with E-state index >= 15 is 0 Å². The van der Waals surface area contributed by atoms with Gasteiger partial charge in [-0.1, -0.05) is 29.9 Å². The summed E-state index contributed by atoms with van der Waals surface area (Å²) < 4.78 is 2.78. The molecule has 176 valence electrons. The highest BCUT2D eigenvalue weighted by atomic mass is 32.1. The summed E-state index contributed by atoms with van der Waals surface area (Å²) in [5.41, 5.74) is 3.01. The quantitative estimate of drug-likeness (QED) is 0.398. The van der Waals surface area contributed by atoms with Gasteiger partial charge in [0, 0.05) is 30.3 Å². The first-order valence-electron chi connectivity index (χ1n) is 11.7. The van der Waals surface area contributed by atoms with Crippen LogP contribution in [0.4, 0.5) is 0 Å². The van der Waals surface area contributed by atoms with Crippen molar-refractivity contribution in [3.63, 3.8) is 0 Å². The number of rotatable bonds is 7. The molecule has 0 unspecified atom stereocenters. The van der Waals surface area contributed by atoms with Gasteiger partial charge < -0.3 is 15.5 Å². The van der Waals surface area contributed by atoms with Gasteiger partial charge >= 0.3 is 0 Å². The lowest BCUT2D eigenvalue weighted by molar-refractivity contribution is 0.0947. The summed E-state index contributed by atoms with van der Waals surface area (Å²) in [5.74, 6) is 0.432. The predicted octanol–water partition coefficient (Wildman–Crippen LogP) is 3.58. The summed E-state index contributed by atoms with van der Waals surface area (Å²) in [6.45, 7) is 4.10. The molecular formula is C25H28N6O2S. The van der Waals surface area contributed by atoms with Gasteiger partial charge in [-0.15, -0.1) is 5.10 Å². The average Bonchev–Trinajstić information content (AvgIpc) is 3.44. The van der Waals surface area contributed by atoms with Crippen molar-refractivity contribution in [1.29, 1.82) is 0 Å². The molecule has 0 atom stereocenters. The SMILES string of the molecule is CNC(=O)c1ccc(-c2nc3sc4cc(C(=O)NCCCN5CCCCC5)ccc4n3n2)cc1. The molecule has 2 N–H and O–H groups in total. The standard InChI is InChI=1S/C25H28N6O2S/c1-26-23(32)18-8-6-17(7-9-18)22-28-25-31(29-22)20-11-10-19(16-21(20)34-25)24(33)27-12-5-15-30-13-3-2-4-14-30/h6-11,16H,2-5,12-15H2,1H3,(H,26,32)(H,27,33). The van der Waals surface area contributed by atoms with E-state index < -0.39 is 0 Å². The summed E-state index contributed by atoms with van der Waals surface area (Å²) in [4.78, 5) is 32.3. The van der Waals surface area contributed by atoms with Crippen LogP contribution >= 0.6 is 11.3 Å². The summed E-state index contributed by atoms with van der Waals surface area (Å²) in [5, 5.41) is 10.3. The van der Waals surface area contributed by atoms with Crippen molar-refractivity contribution in [3.8, 4) is 11.4 Å². The number of nitrogens with one attached hydrogen (secondary N) is 2. The molecule has 8 nitrogen and oxygen atoms in total. The van der Waals surface area contributed by atoms with Crippen LogP contribution in [-0.2, 0) is 0 Å². The van der Waals surface area contributed by atoms with Gasteiger partial charge in [-0.25, -0.2) is 4.52 Å². The summed E-state index contributed by atoms with van der Waals surface area (Å²) >= 11 is 1.51. The monoisotopic (exact) mass is 476 g/mol. The van der Waals surface area contributed by atoms with E-state index in [0.717, 1.165) is 33.7 Å². The van der Waals surface area contributed by atoms with Crippen LogP contribution < -0.4 is 10.6 Å². The van der Waals surface area contributed by atoms with E-state index in [1.54, 1.807) is 19.2 Å². The van der Waals surface area contributed by atoms with E-state index in [4.69, 9.17) is 0 Å². The van der Waals surface area contributed by atoms with Crippen molar-refractivity contribution in [2.45, 2.75) is 25.7 Å². The Labute approximate surface area is 202 Å². The number of hydrogen-bond donors (Lipinski definition) is 2. The van der Waals surface area contributed by atoms with Crippen LogP contribution in [0.25, 0.3) is 26.6 Å². The molecule has 9 heteroatoms. The molecule has 3 heterocycles. The highest BCUT2D eigenvalue weighted by molar-refractivity contribution is 7.23. The second-order valence-corrected chi connectivity index (χ2v) is 9.59. The molecule has 0 radical (unpaired) electrons. The summed E-state index contributed by atoms with van der Waals surface area (Å²) in [6.07, 6.45) is 4.89. The van der Waals surface area contributed by atoms with Crippen LogP contribution in [0.5, 0.6) is 0 Å². The van der Waals surface area contributed by atoms with Crippen LogP contribution in [0.15, 0.2) is 42.5 Å². The van der Waals surface area contributed by atoms with Crippen LogP contribution in [-0.4, -0.2) is 64.5 Å². The largest absolute Gasteiger partial charge is 0.355 e. The highest BCUT2D eigenvalue weighted by Crippen LogP contribution is 2.28. The highest BCUT2D eigenvalue weighted by Gasteiger charge is 2.15. The van der Waals surface area contributed by atoms with Crippen LogP contribution in [0.2, 0.25) is 0 Å². The van der Waals surface area contributed by atoms with Crippen molar-refractivity contribution in [3.05, 3.63) is 53.6 Å². The number of piperidine rings is 1. The molecule has 2 aromatic heterocycles. The van der Waals surface area contributed by atoms with Gasteiger partial charge in [0.2, 0.25) is 4.96 Å². The topological polar surface area (TPSA) is 91.6 Å². The Morgan fingerprint density at radius 2 is 1.76 bits per heavy atom. The summed E-state index contributed by atoms with van der Waals surface area (Å²) in [6, 6.07) is 12.9. The van der Waals surface area contributed by atoms with Crippen molar-refractivity contribution in [2.75, 3.05) is 33.2 Å². The molecule has 0 spiro atoms. The van der Waals surface area contributed by atoms with Crippen LogP contribution in [0, 0.1) is 0 Å². The number of carbonyl (C=O) groups excluding carboxylic acids is 2. The summed E-state index contributed by atoms with van der Waals surface area (Å²) in [7, 11) is 1.61. The van der Waals surface area contributed by atoms with Crippen molar-refractivity contribution >= 4 is 38.3 Å². The second-order valence-electron chi connectivity index (χ2n) is 8.58. The maximum absolute atomic E-state index is 12.6. The number of benzene rings is 2. The molecule has 34 heavy (non-hydrogen) atoms. The van der Waals surface area contributed by atoms with Gasteiger partial charge in [0.1, 0.15) is 0 Å². The Kier molecular flexibility index (Phi) is 6.55. The fourth-order valence-corrected chi connectivity index (χ4v) is 5.36. The van der Waals surface area contributed by atoms with Crippen molar-refractivity contribution in [2.24, 2.45) is 0 Å². The Bertz CT molecular complexity index is 1320. The van der Waals surface area contributed by atoms with Gasteiger partial charge in [0.05, 0.1) is 10.2 Å². The van der Waals surface area contributed by atoms with Gasteiger partial charge in [-0.2, -0.15) is 4.98 Å². The smallest absolute Gasteiger partial charge is 0.251 e. The molecule has 0 aliphatic carbocycles. The number of thiazole rings is 1. The fraction of sp³-hybridized carbons (Fsp3) is 0.360. The maximum atomic E-state index is 12.6. The van der Waals surface area contributed by atoms with Crippen molar-refractivity contribution in [1.82, 2.24) is 30.1 Å². The van der Waals surface area contributed by atoms with E-state index in [9.17, 15) is 9.59 Å². The number of hydrogen-bond acceptors (Lipinski definition) is 6. The minimum Gasteiger partial charge on any atom is -0.355 e. The number of likely N-dealkylation sites (tertiary alicyclic amines) is 1. The minimum atomic E-state index is -0.127. The van der Waals surface area contributed by atoms with E-state index in [0.29, 0.717) is 23.5 Å². The first-order valence-corrected chi connectivity index (χ1v) is 12.6. The third-order valence-corrected chi connectivity index (χ3v) is 7.24. The van der Waals surface area contributed by atoms with Gasteiger partial charge in [0.15, 0.2) is 5.82 Å². The Balaban J connectivity index is 1.25. The minimum absolute atomic E-state index is 0.0450. The predicted molar refractivity (Wildman–Crippen MR) is 134 cm³/mol. The molecule has 5 rings (SSSR count). The molecule has 0 bridgehead atoms. The lowest BCUT2D eigenvalue weighted by Gasteiger charge is -2.26. The van der Waals surface area contributed by atoms with E-state index in [-0.39, 0.29) is 11.8 Å². The van der Waals surface area contributed by atoms with Crippen LogP contribution in [0.3, 0.4) is 0 Å². The Morgan fingerprint density at radius 3 is 2.53 bits per heavy atom. The zero-order valence-electron chi connectivity index (χ0n) is 19.2. The first-order chi connectivity index (χ1) is 16.6. The third kappa shape index (κ3) is 4.67. The molecule has 2 amide bonds. The average molecular weight is 477 g/mol. The maximum Gasteiger partial charge on any atom is 0.251 e. The lowest BCUT2D eigenvalue weighted by Crippen LogP contribution is -2.33. The molecule has 4 aromatic rings. The lowest BCUT2D eigenvalue weighted by atomic mass is 10.1. The molecular weight excluding hydrogens is 448 g/mol. The number of amides is 2. The zero-order valence-corrected chi connectivity index (χ0v) is 20.0. The Hall–Kier alpha value is -3.30. The molecule has 1 aliphatic heterocycles. The first kappa shape index (κ1) is 22.5. The van der Waals surface area contributed by atoms with Crippen molar-refractivity contribution < 1.29 is 9.59 Å². The normalized spacial score (nSPS) is 14.5. The van der Waals surface area contributed by atoms with Crippen LogP contribution in [0.1, 0.15) is 46.4 Å². The Morgan fingerprint density at radius 1 is 1.00 bits per heavy atom. The van der Waals surface area contributed by atoms with E-state index in [1.807, 2.05) is 34.8 Å².